The van der Waals surface area contributed by atoms with Gasteiger partial charge in [-0.3, -0.25) is 0 Å². The molecule has 0 saturated heterocycles. The monoisotopic (exact) mass is 277 g/mol. The average molecular weight is 277 g/mol. The zero-order chi connectivity index (χ0) is 13.5. The van der Waals surface area contributed by atoms with Gasteiger partial charge < -0.3 is 5.32 Å². The highest BCUT2D eigenvalue weighted by Crippen LogP contribution is 2.22. The summed E-state index contributed by atoms with van der Waals surface area (Å²) < 4.78 is 1.78. The molecule has 0 saturated carbocycles. The summed E-state index contributed by atoms with van der Waals surface area (Å²) in [5, 5.41) is 16.6. The number of nitrogens with zero attached hydrogens (tertiary/aromatic N) is 4. The number of para-hydroxylation sites is 1. The molecule has 2 rings (SSSR count). The second kappa shape index (κ2) is 7.25. The lowest BCUT2D eigenvalue weighted by Gasteiger charge is -2.11. The summed E-state index contributed by atoms with van der Waals surface area (Å²) in [4.78, 5) is 0. The van der Waals surface area contributed by atoms with Gasteiger partial charge in [0.1, 0.15) is 0 Å². The minimum Gasteiger partial charge on any atom is -0.316 e. The van der Waals surface area contributed by atoms with Gasteiger partial charge in [-0.15, -0.1) is 5.10 Å². The van der Waals surface area contributed by atoms with Crippen molar-refractivity contribution in [3.05, 3.63) is 30.3 Å². The lowest BCUT2D eigenvalue weighted by atomic mass is 10.3. The van der Waals surface area contributed by atoms with Gasteiger partial charge in [-0.05, 0) is 35.5 Å². The molecule has 1 N–H and O–H groups in total. The molecule has 1 heterocycles. The highest BCUT2D eigenvalue weighted by molar-refractivity contribution is 7.99. The Hall–Kier alpha value is -1.40. The zero-order valence-corrected chi connectivity index (χ0v) is 12.1. The molecule has 0 spiro atoms. The molecule has 0 aliphatic rings. The number of hydrogen-bond donors (Lipinski definition) is 1. The number of hydrogen-bond acceptors (Lipinski definition) is 5. The molecule has 0 aliphatic carbocycles. The third-order valence-electron chi connectivity index (χ3n) is 2.61. The fourth-order valence-electron chi connectivity index (χ4n) is 1.69. The minimum atomic E-state index is 0.431. The summed E-state index contributed by atoms with van der Waals surface area (Å²) in [5.74, 6) is 0. The molecule has 1 unspecified atom stereocenters. The Bertz CT molecular complexity index is 485. The number of nitrogens with one attached hydrogen (secondary N) is 1. The fraction of sp³-hybridized carbons (Fsp3) is 0.462. The van der Waals surface area contributed by atoms with Crippen molar-refractivity contribution in [2.75, 3.05) is 13.1 Å². The van der Waals surface area contributed by atoms with E-state index in [0.717, 1.165) is 30.4 Å². The number of benzene rings is 1. The van der Waals surface area contributed by atoms with Gasteiger partial charge in [0.25, 0.3) is 0 Å². The van der Waals surface area contributed by atoms with Crippen molar-refractivity contribution in [2.24, 2.45) is 0 Å². The van der Waals surface area contributed by atoms with Crippen LogP contribution in [0.2, 0.25) is 0 Å². The Kier molecular flexibility index (Phi) is 5.35. The van der Waals surface area contributed by atoms with Crippen molar-refractivity contribution < 1.29 is 0 Å². The fourth-order valence-corrected chi connectivity index (χ4v) is 2.57. The van der Waals surface area contributed by atoms with E-state index in [1.165, 1.54) is 0 Å². The third kappa shape index (κ3) is 4.04. The Balaban J connectivity index is 2.00. The summed E-state index contributed by atoms with van der Waals surface area (Å²) in [5.41, 5.74) is 0.990. The number of thioether (sulfide) groups is 1. The maximum Gasteiger partial charge on any atom is 0.214 e. The zero-order valence-electron chi connectivity index (χ0n) is 11.3. The van der Waals surface area contributed by atoms with Crippen molar-refractivity contribution >= 4 is 11.8 Å². The number of aromatic nitrogens is 4. The van der Waals surface area contributed by atoms with Crippen LogP contribution in [-0.4, -0.2) is 38.5 Å². The van der Waals surface area contributed by atoms with Crippen LogP contribution in [0.3, 0.4) is 0 Å². The van der Waals surface area contributed by atoms with Gasteiger partial charge in [0, 0.05) is 11.8 Å². The molecule has 0 bridgehead atoms. The first-order chi connectivity index (χ1) is 9.31. The third-order valence-corrected chi connectivity index (χ3v) is 3.64. The largest absolute Gasteiger partial charge is 0.316 e. The molecular formula is C13H19N5S. The first-order valence-electron chi connectivity index (χ1n) is 6.52. The van der Waals surface area contributed by atoms with Gasteiger partial charge in [0.05, 0.1) is 5.69 Å². The predicted octanol–water partition coefficient (Wildman–Crippen LogP) is 2.14. The van der Waals surface area contributed by atoms with Gasteiger partial charge in [-0.2, -0.15) is 4.68 Å². The smallest absolute Gasteiger partial charge is 0.214 e. The van der Waals surface area contributed by atoms with Crippen LogP contribution in [-0.2, 0) is 0 Å². The first kappa shape index (κ1) is 14.0. The molecule has 1 atom stereocenters. The van der Waals surface area contributed by atoms with Crippen molar-refractivity contribution in [1.29, 1.82) is 0 Å². The maximum absolute atomic E-state index is 4.10. The summed E-state index contributed by atoms with van der Waals surface area (Å²) in [6, 6.07) is 9.95. The van der Waals surface area contributed by atoms with Gasteiger partial charge in [-0.25, -0.2) is 0 Å². The Morgan fingerprint density at radius 1 is 1.32 bits per heavy atom. The van der Waals surface area contributed by atoms with Crippen molar-refractivity contribution in [3.63, 3.8) is 0 Å². The molecule has 5 nitrogen and oxygen atoms in total. The van der Waals surface area contributed by atoms with Gasteiger partial charge >= 0.3 is 0 Å². The van der Waals surface area contributed by atoms with Crippen molar-refractivity contribution in [3.8, 4) is 5.69 Å². The quantitative estimate of drug-likeness (QED) is 0.621. The molecule has 0 amide bonds. The first-order valence-corrected chi connectivity index (χ1v) is 7.40. The van der Waals surface area contributed by atoms with Gasteiger partial charge in [0.15, 0.2) is 0 Å². The highest BCUT2D eigenvalue weighted by atomic mass is 32.2. The number of rotatable bonds is 7. The molecule has 0 fully saturated rings. The summed E-state index contributed by atoms with van der Waals surface area (Å²) in [7, 11) is 0. The number of tetrazole rings is 1. The van der Waals surface area contributed by atoms with Crippen LogP contribution in [0.25, 0.3) is 5.69 Å². The van der Waals surface area contributed by atoms with Crippen LogP contribution in [0.4, 0.5) is 0 Å². The minimum absolute atomic E-state index is 0.431. The lowest BCUT2D eigenvalue weighted by molar-refractivity contribution is 0.666. The standard InChI is InChI=1S/C13H19N5S/c1-3-9-14-10-11(2)19-13-15-16-17-18(13)12-7-5-4-6-8-12/h4-8,11,14H,3,9-10H2,1-2H3. The summed E-state index contributed by atoms with van der Waals surface area (Å²) in [6.45, 7) is 6.35. The van der Waals surface area contributed by atoms with Crippen LogP contribution >= 0.6 is 11.8 Å². The van der Waals surface area contributed by atoms with E-state index >= 15 is 0 Å². The van der Waals surface area contributed by atoms with Crippen LogP contribution in [0.15, 0.2) is 35.5 Å². The molecule has 6 heteroatoms. The van der Waals surface area contributed by atoms with E-state index in [1.807, 2.05) is 30.3 Å². The molecule has 1 aromatic heterocycles. The van der Waals surface area contributed by atoms with E-state index in [0.29, 0.717) is 5.25 Å². The van der Waals surface area contributed by atoms with Crippen LogP contribution in [0.1, 0.15) is 20.3 Å². The van der Waals surface area contributed by atoms with E-state index in [2.05, 4.69) is 34.7 Å². The Morgan fingerprint density at radius 3 is 2.84 bits per heavy atom. The highest BCUT2D eigenvalue weighted by Gasteiger charge is 2.12. The van der Waals surface area contributed by atoms with E-state index < -0.39 is 0 Å². The Labute approximate surface area is 117 Å². The molecule has 1 aromatic carbocycles. The molecular weight excluding hydrogens is 258 g/mol. The van der Waals surface area contributed by atoms with E-state index in [-0.39, 0.29) is 0 Å². The van der Waals surface area contributed by atoms with E-state index in [9.17, 15) is 0 Å². The normalized spacial score (nSPS) is 12.5. The SMILES string of the molecule is CCCNCC(C)Sc1nnnn1-c1ccccc1. The molecule has 0 aliphatic heterocycles. The van der Waals surface area contributed by atoms with Gasteiger partial charge in [0.2, 0.25) is 5.16 Å². The molecule has 19 heavy (non-hydrogen) atoms. The topological polar surface area (TPSA) is 55.6 Å². The van der Waals surface area contributed by atoms with Crippen LogP contribution in [0, 0.1) is 0 Å². The van der Waals surface area contributed by atoms with Gasteiger partial charge in [-0.1, -0.05) is 43.8 Å². The Morgan fingerprint density at radius 2 is 2.11 bits per heavy atom. The molecule has 2 aromatic rings. The van der Waals surface area contributed by atoms with Crippen LogP contribution < -0.4 is 5.32 Å². The second-order valence-electron chi connectivity index (χ2n) is 4.34. The summed E-state index contributed by atoms with van der Waals surface area (Å²) >= 11 is 1.69. The van der Waals surface area contributed by atoms with Crippen molar-refractivity contribution in [1.82, 2.24) is 25.5 Å². The van der Waals surface area contributed by atoms with E-state index in [4.69, 9.17) is 0 Å². The lowest BCUT2D eigenvalue weighted by Crippen LogP contribution is -2.23. The molecule has 0 radical (unpaired) electrons. The molecule has 102 valence electrons. The van der Waals surface area contributed by atoms with E-state index in [1.54, 1.807) is 16.4 Å². The second-order valence-corrected chi connectivity index (χ2v) is 5.75. The van der Waals surface area contributed by atoms with Crippen LogP contribution in [0.5, 0.6) is 0 Å². The van der Waals surface area contributed by atoms with Crippen molar-refractivity contribution in [2.45, 2.75) is 30.7 Å². The average Bonchev–Trinajstić information content (AvgIpc) is 2.88. The maximum atomic E-state index is 4.10. The summed E-state index contributed by atoms with van der Waals surface area (Å²) in [6.07, 6.45) is 1.15. The predicted molar refractivity (Wildman–Crippen MR) is 77.6 cm³/mol.